The van der Waals surface area contributed by atoms with Gasteiger partial charge in [-0.1, -0.05) is 18.9 Å². The highest BCUT2D eigenvalue weighted by molar-refractivity contribution is 5.39. The second-order valence-corrected chi connectivity index (χ2v) is 6.26. The van der Waals surface area contributed by atoms with Crippen molar-refractivity contribution in [3.8, 4) is 5.69 Å². The smallest absolute Gasteiger partial charge is 0.279 e. The van der Waals surface area contributed by atoms with Gasteiger partial charge in [0.2, 0.25) is 5.65 Å². The van der Waals surface area contributed by atoms with Crippen molar-refractivity contribution in [3.63, 3.8) is 0 Å². The van der Waals surface area contributed by atoms with Crippen molar-refractivity contribution >= 4 is 5.65 Å². The first-order valence-corrected chi connectivity index (χ1v) is 8.10. The predicted molar refractivity (Wildman–Crippen MR) is 87.0 cm³/mol. The third kappa shape index (κ3) is 2.46. The quantitative estimate of drug-likeness (QED) is 0.738. The molecule has 0 unspecified atom stereocenters. The number of hydrogen-bond acceptors (Lipinski definition) is 3. The van der Waals surface area contributed by atoms with E-state index >= 15 is 0 Å². The number of aromatic nitrogens is 4. The Morgan fingerprint density at radius 2 is 1.96 bits per heavy atom. The van der Waals surface area contributed by atoms with E-state index in [4.69, 9.17) is 0 Å². The van der Waals surface area contributed by atoms with Crippen LogP contribution in [0.15, 0.2) is 46.2 Å². The predicted octanol–water partition coefficient (Wildman–Crippen LogP) is 1.98. The van der Waals surface area contributed by atoms with Crippen LogP contribution in [0.3, 0.4) is 0 Å². The van der Waals surface area contributed by atoms with Crippen LogP contribution in [-0.4, -0.2) is 18.7 Å². The van der Waals surface area contributed by atoms with Gasteiger partial charge in [0.15, 0.2) is 0 Å². The van der Waals surface area contributed by atoms with Crippen molar-refractivity contribution in [1.82, 2.24) is 18.7 Å². The molecule has 24 heavy (non-hydrogen) atoms. The van der Waals surface area contributed by atoms with E-state index < -0.39 is 11.4 Å². The Labute approximate surface area is 136 Å². The molecule has 0 bridgehead atoms. The highest BCUT2D eigenvalue weighted by Gasteiger charge is 2.19. The molecule has 0 N–H and O–H groups in total. The minimum atomic E-state index is -0.439. The maximum Gasteiger partial charge on any atom is 0.350 e. The van der Waals surface area contributed by atoms with Gasteiger partial charge in [-0.25, -0.2) is 18.3 Å². The number of rotatable bonds is 3. The molecule has 1 aliphatic carbocycles. The topological polar surface area (TPSA) is 61.3 Å². The van der Waals surface area contributed by atoms with Gasteiger partial charge in [0.25, 0.3) is 0 Å². The fourth-order valence-electron chi connectivity index (χ4n) is 3.39. The minimum absolute atomic E-state index is 0.0600. The number of benzene rings is 1. The lowest BCUT2D eigenvalue weighted by Gasteiger charge is -2.06. The zero-order valence-corrected chi connectivity index (χ0v) is 13.1. The lowest BCUT2D eigenvalue weighted by Crippen LogP contribution is -2.25. The van der Waals surface area contributed by atoms with Crippen LogP contribution < -0.4 is 11.2 Å². The Kier molecular flexibility index (Phi) is 3.55. The van der Waals surface area contributed by atoms with Gasteiger partial charge in [0.05, 0.1) is 5.69 Å². The third-order valence-corrected chi connectivity index (χ3v) is 4.64. The molecule has 0 radical (unpaired) electrons. The van der Waals surface area contributed by atoms with Crippen molar-refractivity contribution < 1.29 is 4.39 Å². The van der Waals surface area contributed by atoms with Gasteiger partial charge < -0.3 is 0 Å². The molecule has 0 saturated heterocycles. The van der Waals surface area contributed by atoms with E-state index in [1.54, 1.807) is 6.07 Å². The standard InChI is InChI=1S/C17H17FN4O2/c18-13-6-3-7-14(10-13)20-8-9-21-15(16(20)23)19-22(17(21)24)11-12-4-1-2-5-12/h3,6-10,12H,1-2,4-5,11H2. The van der Waals surface area contributed by atoms with Crippen molar-refractivity contribution in [2.45, 2.75) is 32.2 Å². The van der Waals surface area contributed by atoms with Crippen molar-refractivity contribution in [3.05, 3.63) is 63.3 Å². The summed E-state index contributed by atoms with van der Waals surface area (Å²) in [5.41, 5.74) is -0.282. The average Bonchev–Trinajstić information content (AvgIpc) is 3.18. The van der Waals surface area contributed by atoms with Crippen molar-refractivity contribution in [2.75, 3.05) is 0 Å². The van der Waals surface area contributed by atoms with Crippen LogP contribution in [0.1, 0.15) is 25.7 Å². The largest absolute Gasteiger partial charge is 0.350 e. The van der Waals surface area contributed by atoms with Gasteiger partial charge in [-0.15, -0.1) is 5.10 Å². The monoisotopic (exact) mass is 328 g/mol. The number of fused-ring (bicyclic) bond motifs is 1. The van der Waals surface area contributed by atoms with Gasteiger partial charge in [-0.2, -0.15) is 0 Å². The average molecular weight is 328 g/mol. The molecule has 1 saturated carbocycles. The molecule has 1 aromatic carbocycles. The van der Waals surface area contributed by atoms with E-state index in [2.05, 4.69) is 5.10 Å². The summed E-state index contributed by atoms with van der Waals surface area (Å²) in [7, 11) is 0. The van der Waals surface area contributed by atoms with Crippen LogP contribution in [0.5, 0.6) is 0 Å². The summed E-state index contributed by atoms with van der Waals surface area (Å²) < 4.78 is 17.3. The summed E-state index contributed by atoms with van der Waals surface area (Å²) >= 11 is 0. The number of nitrogens with zero attached hydrogens (tertiary/aromatic N) is 4. The summed E-state index contributed by atoms with van der Waals surface area (Å²) in [4.78, 5) is 25.1. The van der Waals surface area contributed by atoms with Crippen LogP contribution in [-0.2, 0) is 6.54 Å². The molecule has 7 heteroatoms. The van der Waals surface area contributed by atoms with E-state index in [1.807, 2.05) is 0 Å². The molecule has 2 aromatic heterocycles. The zero-order valence-electron chi connectivity index (χ0n) is 13.1. The molecular weight excluding hydrogens is 311 g/mol. The van der Waals surface area contributed by atoms with Gasteiger partial charge in [0.1, 0.15) is 5.82 Å². The van der Waals surface area contributed by atoms with Crippen LogP contribution in [0.25, 0.3) is 11.3 Å². The normalized spacial score (nSPS) is 15.4. The third-order valence-electron chi connectivity index (χ3n) is 4.64. The fraction of sp³-hybridized carbons (Fsp3) is 0.353. The van der Waals surface area contributed by atoms with Crippen LogP contribution in [0.2, 0.25) is 0 Å². The molecule has 0 amide bonds. The Morgan fingerprint density at radius 1 is 1.17 bits per heavy atom. The Bertz CT molecular complexity index is 1010. The van der Waals surface area contributed by atoms with Crippen molar-refractivity contribution in [2.24, 2.45) is 5.92 Å². The highest BCUT2D eigenvalue weighted by Crippen LogP contribution is 2.25. The maximum absolute atomic E-state index is 13.4. The fourth-order valence-corrected chi connectivity index (χ4v) is 3.39. The lowest BCUT2D eigenvalue weighted by molar-refractivity contribution is 0.420. The van der Waals surface area contributed by atoms with Gasteiger partial charge in [0, 0.05) is 18.9 Å². The Morgan fingerprint density at radius 3 is 2.71 bits per heavy atom. The molecule has 3 aromatic rings. The van der Waals surface area contributed by atoms with Crippen LogP contribution >= 0.6 is 0 Å². The summed E-state index contributed by atoms with van der Waals surface area (Å²) in [6, 6.07) is 5.75. The van der Waals surface area contributed by atoms with Crippen LogP contribution in [0, 0.1) is 11.7 Å². The molecule has 1 fully saturated rings. The van der Waals surface area contributed by atoms with E-state index in [0.717, 1.165) is 12.8 Å². The minimum Gasteiger partial charge on any atom is -0.279 e. The molecule has 4 rings (SSSR count). The highest BCUT2D eigenvalue weighted by atomic mass is 19.1. The molecule has 0 atom stereocenters. The first-order chi connectivity index (χ1) is 11.6. The second kappa shape index (κ2) is 5.74. The van der Waals surface area contributed by atoms with Crippen LogP contribution in [0.4, 0.5) is 4.39 Å². The number of hydrogen-bond donors (Lipinski definition) is 0. The van der Waals surface area contributed by atoms with E-state index in [1.165, 1.54) is 57.1 Å². The summed E-state index contributed by atoms with van der Waals surface area (Å²) in [6.07, 6.45) is 7.51. The number of halogens is 1. The molecule has 2 heterocycles. The molecule has 1 aliphatic rings. The molecule has 6 nitrogen and oxygen atoms in total. The second-order valence-electron chi connectivity index (χ2n) is 6.26. The first kappa shape index (κ1) is 14.9. The summed E-state index contributed by atoms with van der Waals surface area (Å²) in [6.45, 7) is 0.542. The first-order valence-electron chi connectivity index (χ1n) is 8.10. The molecule has 124 valence electrons. The van der Waals surface area contributed by atoms with E-state index in [0.29, 0.717) is 18.2 Å². The van der Waals surface area contributed by atoms with Gasteiger partial charge in [-0.05, 0) is 37.0 Å². The van der Waals surface area contributed by atoms with Gasteiger partial charge >= 0.3 is 11.2 Å². The Hall–Kier alpha value is -2.70. The molecule has 0 aliphatic heterocycles. The molecular formula is C17H17FN4O2. The van der Waals surface area contributed by atoms with E-state index in [-0.39, 0.29) is 11.3 Å². The molecule has 0 spiro atoms. The SMILES string of the molecule is O=c1c2nn(CC3CCCC3)c(=O)n2ccn1-c1cccc(F)c1. The van der Waals surface area contributed by atoms with Crippen molar-refractivity contribution in [1.29, 1.82) is 0 Å². The summed E-state index contributed by atoms with van der Waals surface area (Å²) in [5.74, 6) is 0.0153. The lowest BCUT2D eigenvalue weighted by atomic mass is 10.1. The Balaban J connectivity index is 1.81. The maximum atomic E-state index is 13.4. The van der Waals surface area contributed by atoms with E-state index in [9.17, 15) is 14.0 Å². The summed E-state index contributed by atoms with van der Waals surface area (Å²) in [5, 5.41) is 4.22. The van der Waals surface area contributed by atoms with Gasteiger partial charge in [-0.3, -0.25) is 9.36 Å². The zero-order chi connectivity index (χ0) is 16.7.